The molecular weight excluding hydrogens is 228 g/mol. The van der Waals surface area contributed by atoms with Gasteiger partial charge in [0.2, 0.25) is 0 Å². The Morgan fingerprint density at radius 1 is 1.44 bits per heavy atom. The molecule has 0 aliphatic heterocycles. The minimum atomic E-state index is -0.332. The van der Waals surface area contributed by atoms with E-state index in [0.29, 0.717) is 22.1 Å². The van der Waals surface area contributed by atoms with Crippen molar-refractivity contribution >= 4 is 29.0 Å². The van der Waals surface area contributed by atoms with Crippen molar-refractivity contribution in [2.24, 2.45) is 0 Å². The first-order valence-corrected chi connectivity index (χ1v) is 4.91. The summed E-state index contributed by atoms with van der Waals surface area (Å²) < 4.78 is 0. The Labute approximate surface area is 96.6 Å². The summed E-state index contributed by atoms with van der Waals surface area (Å²) in [6, 6.07) is 6.76. The van der Waals surface area contributed by atoms with Crippen molar-refractivity contribution < 1.29 is 4.79 Å². The zero-order valence-electron chi connectivity index (χ0n) is 8.20. The van der Waals surface area contributed by atoms with Crippen LogP contribution < -0.4 is 11.1 Å². The molecule has 0 aliphatic carbocycles. The highest BCUT2D eigenvalue weighted by atomic mass is 35.5. The number of amides is 1. The number of anilines is 2. The van der Waals surface area contributed by atoms with Gasteiger partial charge in [-0.3, -0.25) is 9.89 Å². The van der Waals surface area contributed by atoms with Gasteiger partial charge >= 0.3 is 0 Å². The van der Waals surface area contributed by atoms with Crippen molar-refractivity contribution in [2.75, 3.05) is 11.1 Å². The number of carbonyl (C=O) groups excluding carboxylic acids is 1. The summed E-state index contributed by atoms with van der Waals surface area (Å²) in [5, 5.41) is 9.24. The van der Waals surface area contributed by atoms with Gasteiger partial charge in [0.05, 0.1) is 22.5 Å². The maximum Gasteiger partial charge on any atom is 0.258 e. The second kappa shape index (κ2) is 4.24. The Balaban J connectivity index is 2.22. The number of carbonyl (C=O) groups is 1. The van der Waals surface area contributed by atoms with Crippen LogP contribution in [0.3, 0.4) is 0 Å². The van der Waals surface area contributed by atoms with Crippen LogP contribution in [0.5, 0.6) is 0 Å². The molecular formula is C10H9ClN4O. The summed E-state index contributed by atoms with van der Waals surface area (Å²) in [6.07, 6.45) is 1.42. The van der Waals surface area contributed by atoms with Gasteiger partial charge in [-0.2, -0.15) is 5.10 Å². The number of nitrogens with zero attached hydrogens (tertiary/aromatic N) is 1. The van der Waals surface area contributed by atoms with Crippen LogP contribution in [0.15, 0.2) is 30.5 Å². The van der Waals surface area contributed by atoms with Gasteiger partial charge in [-0.25, -0.2) is 0 Å². The number of hydrogen-bond acceptors (Lipinski definition) is 3. The molecule has 0 fully saturated rings. The first-order valence-electron chi connectivity index (χ1n) is 4.53. The smallest absolute Gasteiger partial charge is 0.258 e. The van der Waals surface area contributed by atoms with E-state index in [-0.39, 0.29) is 5.91 Å². The van der Waals surface area contributed by atoms with E-state index in [9.17, 15) is 4.79 Å². The Hall–Kier alpha value is -2.01. The van der Waals surface area contributed by atoms with Crippen molar-refractivity contribution in [1.29, 1.82) is 0 Å². The molecule has 5 nitrogen and oxygen atoms in total. The average molecular weight is 237 g/mol. The van der Waals surface area contributed by atoms with Crippen molar-refractivity contribution in [2.45, 2.75) is 0 Å². The van der Waals surface area contributed by atoms with Crippen LogP contribution in [0.2, 0.25) is 5.02 Å². The second-order valence-electron chi connectivity index (χ2n) is 3.13. The number of nitrogens with one attached hydrogen (secondary N) is 2. The fourth-order valence-corrected chi connectivity index (χ4v) is 1.44. The van der Waals surface area contributed by atoms with Crippen molar-refractivity contribution in [3.8, 4) is 0 Å². The molecule has 2 aromatic rings. The first-order chi connectivity index (χ1) is 7.68. The van der Waals surface area contributed by atoms with E-state index >= 15 is 0 Å². The van der Waals surface area contributed by atoms with Gasteiger partial charge in [-0.1, -0.05) is 23.7 Å². The zero-order chi connectivity index (χ0) is 11.5. The lowest BCUT2D eigenvalue weighted by atomic mass is 10.2. The second-order valence-corrected chi connectivity index (χ2v) is 3.54. The van der Waals surface area contributed by atoms with Crippen LogP contribution in [0, 0.1) is 0 Å². The SMILES string of the molecule is Nc1cn[nH]c1NC(=O)c1ccccc1Cl. The van der Waals surface area contributed by atoms with Gasteiger partial charge in [0, 0.05) is 0 Å². The molecule has 0 spiro atoms. The Bertz CT molecular complexity index is 523. The highest BCUT2D eigenvalue weighted by Crippen LogP contribution is 2.18. The number of H-pyrrole nitrogens is 1. The number of nitrogen functional groups attached to an aromatic ring is 1. The fraction of sp³-hybridized carbons (Fsp3) is 0. The predicted octanol–water partition coefficient (Wildman–Crippen LogP) is 1.90. The largest absolute Gasteiger partial charge is 0.394 e. The van der Waals surface area contributed by atoms with Gasteiger partial charge in [-0.15, -0.1) is 0 Å². The van der Waals surface area contributed by atoms with Gasteiger partial charge in [-0.05, 0) is 12.1 Å². The molecule has 1 aromatic carbocycles. The molecule has 0 aliphatic rings. The summed E-state index contributed by atoms with van der Waals surface area (Å²) in [4.78, 5) is 11.8. The Kier molecular flexibility index (Phi) is 2.78. The zero-order valence-corrected chi connectivity index (χ0v) is 8.95. The lowest BCUT2D eigenvalue weighted by Gasteiger charge is -2.04. The van der Waals surface area contributed by atoms with Crippen LogP contribution in [-0.2, 0) is 0 Å². The van der Waals surface area contributed by atoms with E-state index in [1.165, 1.54) is 6.20 Å². The fourth-order valence-electron chi connectivity index (χ4n) is 1.22. The van der Waals surface area contributed by atoms with Crippen LogP contribution in [0.25, 0.3) is 0 Å². The van der Waals surface area contributed by atoms with E-state index in [0.717, 1.165) is 0 Å². The van der Waals surface area contributed by atoms with Crippen LogP contribution in [0.4, 0.5) is 11.5 Å². The van der Waals surface area contributed by atoms with Gasteiger partial charge in [0.15, 0.2) is 5.82 Å². The van der Waals surface area contributed by atoms with Crippen molar-refractivity contribution in [3.05, 3.63) is 41.0 Å². The molecule has 82 valence electrons. The number of hydrogen-bond donors (Lipinski definition) is 3. The highest BCUT2D eigenvalue weighted by Gasteiger charge is 2.11. The molecule has 16 heavy (non-hydrogen) atoms. The number of aromatic nitrogens is 2. The van der Waals surface area contributed by atoms with Crippen LogP contribution in [0.1, 0.15) is 10.4 Å². The summed E-state index contributed by atoms with van der Waals surface area (Å²) in [5.41, 5.74) is 6.33. The molecule has 1 heterocycles. The van der Waals surface area contributed by atoms with Gasteiger partial charge < -0.3 is 11.1 Å². The third kappa shape index (κ3) is 1.99. The molecule has 6 heteroatoms. The molecule has 0 atom stereocenters. The minimum Gasteiger partial charge on any atom is -0.394 e. The summed E-state index contributed by atoms with van der Waals surface area (Å²) in [6.45, 7) is 0. The van der Waals surface area contributed by atoms with E-state index in [4.69, 9.17) is 17.3 Å². The van der Waals surface area contributed by atoms with Gasteiger partial charge in [0.25, 0.3) is 5.91 Å². The topological polar surface area (TPSA) is 83.8 Å². The van der Waals surface area contributed by atoms with Crippen molar-refractivity contribution in [3.63, 3.8) is 0 Å². The third-order valence-corrected chi connectivity index (χ3v) is 2.36. The number of benzene rings is 1. The number of aromatic amines is 1. The molecule has 0 bridgehead atoms. The molecule has 1 amide bonds. The summed E-state index contributed by atoms with van der Waals surface area (Å²) in [5.74, 6) is 0.0338. The standard InChI is InChI=1S/C10H9ClN4O/c11-7-4-2-1-3-6(7)10(16)14-9-8(12)5-13-15-9/h1-5H,12H2,(H2,13,14,15,16). The van der Waals surface area contributed by atoms with E-state index in [2.05, 4.69) is 15.5 Å². The molecule has 0 radical (unpaired) electrons. The number of halogens is 1. The highest BCUT2D eigenvalue weighted by molar-refractivity contribution is 6.34. The van der Waals surface area contributed by atoms with Gasteiger partial charge in [0.1, 0.15) is 0 Å². The molecule has 2 rings (SSSR count). The third-order valence-electron chi connectivity index (χ3n) is 2.03. The average Bonchev–Trinajstić information content (AvgIpc) is 2.65. The van der Waals surface area contributed by atoms with E-state index in [1.807, 2.05) is 0 Å². The maximum atomic E-state index is 11.8. The Morgan fingerprint density at radius 3 is 2.81 bits per heavy atom. The lowest BCUT2D eigenvalue weighted by molar-refractivity contribution is 0.102. The molecule has 0 unspecified atom stereocenters. The molecule has 0 saturated carbocycles. The quantitative estimate of drug-likeness (QED) is 0.745. The normalized spacial score (nSPS) is 10.1. The monoisotopic (exact) mass is 236 g/mol. The molecule has 1 aromatic heterocycles. The summed E-state index contributed by atoms with van der Waals surface area (Å²) >= 11 is 5.88. The Morgan fingerprint density at radius 2 is 2.19 bits per heavy atom. The minimum absolute atomic E-state index is 0.332. The van der Waals surface area contributed by atoms with Crippen LogP contribution in [-0.4, -0.2) is 16.1 Å². The van der Waals surface area contributed by atoms with E-state index in [1.54, 1.807) is 24.3 Å². The maximum absolute atomic E-state index is 11.8. The lowest BCUT2D eigenvalue weighted by Crippen LogP contribution is -2.13. The summed E-state index contributed by atoms with van der Waals surface area (Å²) in [7, 11) is 0. The first kappa shape index (κ1) is 10.5. The number of rotatable bonds is 2. The predicted molar refractivity (Wildman–Crippen MR) is 62.4 cm³/mol. The molecule has 0 saturated heterocycles. The number of nitrogens with two attached hydrogens (primary N) is 1. The molecule has 4 N–H and O–H groups in total. The van der Waals surface area contributed by atoms with Crippen molar-refractivity contribution in [1.82, 2.24) is 10.2 Å². The van der Waals surface area contributed by atoms with E-state index < -0.39 is 0 Å². The van der Waals surface area contributed by atoms with Crippen LogP contribution >= 0.6 is 11.6 Å².